The van der Waals surface area contributed by atoms with Gasteiger partial charge in [-0.2, -0.15) is 5.10 Å². The van der Waals surface area contributed by atoms with Gasteiger partial charge in [0.2, 0.25) is 0 Å². The molecule has 0 bridgehead atoms. The molecule has 5 rings (SSSR count). The Bertz CT molecular complexity index is 1390. The van der Waals surface area contributed by atoms with Gasteiger partial charge in [0.25, 0.3) is 11.8 Å². The molecule has 4 N–H and O–H groups in total. The van der Waals surface area contributed by atoms with Crippen LogP contribution in [0.1, 0.15) is 55.3 Å². The number of carbonyl (C=O) groups excluding carboxylic acids is 2. The molecular weight excluding hydrogens is 460 g/mol. The van der Waals surface area contributed by atoms with E-state index in [-0.39, 0.29) is 23.3 Å². The molecule has 4 aromatic rings. The van der Waals surface area contributed by atoms with E-state index in [2.05, 4.69) is 20.8 Å². The lowest BCUT2D eigenvalue weighted by Gasteiger charge is -2.13. The zero-order valence-corrected chi connectivity index (χ0v) is 20.2. The molecular formula is C27H26N4O3S. The van der Waals surface area contributed by atoms with Gasteiger partial charge in [-0.25, -0.2) is 0 Å². The molecule has 2 amide bonds. The van der Waals surface area contributed by atoms with Crippen molar-refractivity contribution in [1.82, 2.24) is 15.5 Å². The molecule has 1 aliphatic carbocycles. The highest BCUT2D eigenvalue weighted by atomic mass is 32.1. The van der Waals surface area contributed by atoms with Crippen LogP contribution >= 0.6 is 11.3 Å². The Morgan fingerprint density at radius 1 is 1.06 bits per heavy atom. The van der Waals surface area contributed by atoms with E-state index >= 15 is 0 Å². The molecule has 0 aliphatic heterocycles. The molecule has 35 heavy (non-hydrogen) atoms. The summed E-state index contributed by atoms with van der Waals surface area (Å²) in [7, 11) is 0. The maximum Gasteiger partial charge on any atom is 0.274 e. The number of phenolic OH excluding ortho intramolecular Hbond substituents is 1. The largest absolute Gasteiger partial charge is 0.507 e. The first-order valence-corrected chi connectivity index (χ1v) is 12.4. The highest BCUT2D eigenvalue weighted by molar-refractivity contribution is 7.17. The van der Waals surface area contributed by atoms with Crippen LogP contribution in [0.25, 0.3) is 11.3 Å². The van der Waals surface area contributed by atoms with Crippen molar-refractivity contribution >= 4 is 28.2 Å². The molecule has 8 heteroatoms. The SMILES string of the molecule is Cc1ccc(O)c(-c2cc(C(=O)Nc3sc4c(c3C(=O)NCc3ccccc3)CCCC4)[nH]n2)c1. The fraction of sp³-hybridized carbons (Fsp3) is 0.222. The van der Waals surface area contributed by atoms with Gasteiger partial charge in [0.15, 0.2) is 0 Å². The third-order valence-corrected chi connectivity index (χ3v) is 7.38. The Morgan fingerprint density at radius 2 is 1.86 bits per heavy atom. The number of rotatable bonds is 6. The smallest absolute Gasteiger partial charge is 0.274 e. The number of benzene rings is 2. The summed E-state index contributed by atoms with van der Waals surface area (Å²) >= 11 is 1.48. The fourth-order valence-electron chi connectivity index (χ4n) is 4.36. The Kier molecular flexibility index (Phi) is 6.37. The van der Waals surface area contributed by atoms with Crippen LogP contribution in [0.4, 0.5) is 5.00 Å². The Hall–Kier alpha value is -3.91. The monoisotopic (exact) mass is 486 g/mol. The van der Waals surface area contributed by atoms with Crippen LogP contribution in [0.3, 0.4) is 0 Å². The molecule has 0 saturated carbocycles. The molecule has 0 saturated heterocycles. The summed E-state index contributed by atoms with van der Waals surface area (Å²) < 4.78 is 0. The maximum atomic E-state index is 13.2. The van der Waals surface area contributed by atoms with Crippen LogP contribution < -0.4 is 10.6 Å². The molecule has 0 fully saturated rings. The van der Waals surface area contributed by atoms with Crippen LogP contribution in [0.15, 0.2) is 54.6 Å². The van der Waals surface area contributed by atoms with Gasteiger partial charge >= 0.3 is 0 Å². The lowest BCUT2D eigenvalue weighted by molar-refractivity contribution is 0.0951. The minimum atomic E-state index is -0.383. The van der Waals surface area contributed by atoms with Gasteiger partial charge in [-0.3, -0.25) is 14.7 Å². The minimum absolute atomic E-state index is 0.0948. The molecule has 2 aromatic heterocycles. The number of fused-ring (bicyclic) bond motifs is 1. The normalized spacial score (nSPS) is 12.7. The number of aromatic hydroxyl groups is 1. The number of aryl methyl sites for hydroxylation is 2. The number of anilines is 1. The summed E-state index contributed by atoms with van der Waals surface area (Å²) in [6.45, 7) is 2.34. The van der Waals surface area contributed by atoms with Gasteiger partial charge in [-0.05, 0) is 61.9 Å². The van der Waals surface area contributed by atoms with Crippen molar-refractivity contribution in [2.45, 2.75) is 39.2 Å². The van der Waals surface area contributed by atoms with Gasteiger partial charge in [-0.15, -0.1) is 11.3 Å². The first-order chi connectivity index (χ1) is 17.0. The number of nitrogens with one attached hydrogen (secondary N) is 3. The van der Waals surface area contributed by atoms with Gasteiger partial charge in [0, 0.05) is 17.0 Å². The summed E-state index contributed by atoms with van der Waals surface area (Å²) in [5.41, 5.74) is 4.86. The Morgan fingerprint density at radius 3 is 2.69 bits per heavy atom. The highest BCUT2D eigenvalue weighted by Gasteiger charge is 2.27. The predicted octanol–water partition coefficient (Wildman–Crippen LogP) is 5.21. The number of hydrogen-bond acceptors (Lipinski definition) is 5. The lowest BCUT2D eigenvalue weighted by Crippen LogP contribution is -2.25. The van der Waals surface area contributed by atoms with Crippen molar-refractivity contribution in [3.05, 3.63) is 87.4 Å². The van der Waals surface area contributed by atoms with Crippen molar-refractivity contribution in [1.29, 1.82) is 0 Å². The molecule has 2 heterocycles. The molecule has 0 unspecified atom stereocenters. The van der Waals surface area contributed by atoms with E-state index in [0.717, 1.165) is 47.3 Å². The standard InChI is InChI=1S/C27H26N4O3S/c1-16-11-12-22(32)19(13-16)20-14-21(31-30-20)25(33)29-27-24(18-9-5-6-10-23(18)35-27)26(34)28-15-17-7-3-2-4-8-17/h2-4,7-8,11-14,32H,5-6,9-10,15H2,1H3,(H,28,34)(H,29,33)(H,30,31). The summed E-state index contributed by atoms with van der Waals surface area (Å²) in [5, 5.41) is 23.7. The summed E-state index contributed by atoms with van der Waals surface area (Å²) in [4.78, 5) is 27.5. The molecule has 1 aliphatic rings. The zero-order chi connectivity index (χ0) is 24.4. The first kappa shape index (κ1) is 22.9. The average Bonchev–Trinajstić information content (AvgIpc) is 3.50. The van der Waals surface area contributed by atoms with Crippen molar-refractivity contribution in [2.75, 3.05) is 5.32 Å². The van der Waals surface area contributed by atoms with Gasteiger partial charge in [-0.1, -0.05) is 42.0 Å². The molecule has 0 spiro atoms. The van der Waals surface area contributed by atoms with E-state index in [0.29, 0.717) is 28.4 Å². The number of nitrogens with zero attached hydrogens (tertiary/aromatic N) is 1. The van der Waals surface area contributed by atoms with Crippen molar-refractivity contribution in [3.8, 4) is 17.0 Å². The van der Waals surface area contributed by atoms with E-state index in [1.807, 2.05) is 49.4 Å². The van der Waals surface area contributed by atoms with E-state index in [1.165, 1.54) is 11.3 Å². The number of H-pyrrole nitrogens is 1. The second kappa shape index (κ2) is 9.76. The summed E-state index contributed by atoms with van der Waals surface area (Å²) in [6.07, 6.45) is 3.85. The molecule has 7 nitrogen and oxygen atoms in total. The number of phenols is 1. The first-order valence-electron chi connectivity index (χ1n) is 11.6. The quantitative estimate of drug-likeness (QED) is 0.300. The molecule has 0 radical (unpaired) electrons. The number of hydrogen-bond donors (Lipinski definition) is 4. The minimum Gasteiger partial charge on any atom is -0.507 e. The Balaban J connectivity index is 1.39. The van der Waals surface area contributed by atoms with Crippen molar-refractivity contribution in [2.24, 2.45) is 0 Å². The van der Waals surface area contributed by atoms with Crippen LogP contribution in [0, 0.1) is 6.92 Å². The summed E-state index contributed by atoms with van der Waals surface area (Å²) in [6, 6.07) is 16.6. The topological polar surface area (TPSA) is 107 Å². The second-order valence-electron chi connectivity index (χ2n) is 8.72. The lowest BCUT2D eigenvalue weighted by atomic mass is 9.95. The van der Waals surface area contributed by atoms with E-state index in [1.54, 1.807) is 12.1 Å². The molecule has 2 aromatic carbocycles. The molecule has 0 atom stereocenters. The highest BCUT2D eigenvalue weighted by Crippen LogP contribution is 2.38. The number of carbonyl (C=O) groups is 2. The third kappa shape index (κ3) is 4.83. The average molecular weight is 487 g/mol. The fourth-order valence-corrected chi connectivity index (χ4v) is 5.64. The van der Waals surface area contributed by atoms with Gasteiger partial charge in [0.05, 0.1) is 11.3 Å². The summed E-state index contributed by atoms with van der Waals surface area (Å²) in [5.74, 6) is -0.470. The van der Waals surface area contributed by atoms with E-state index in [9.17, 15) is 14.7 Å². The van der Waals surface area contributed by atoms with Crippen molar-refractivity contribution < 1.29 is 14.7 Å². The van der Waals surface area contributed by atoms with Crippen LogP contribution in [0.5, 0.6) is 5.75 Å². The molecule has 178 valence electrons. The van der Waals surface area contributed by atoms with Crippen molar-refractivity contribution in [3.63, 3.8) is 0 Å². The third-order valence-electron chi connectivity index (χ3n) is 6.17. The number of aromatic amines is 1. The maximum absolute atomic E-state index is 13.2. The van der Waals surface area contributed by atoms with E-state index < -0.39 is 0 Å². The predicted molar refractivity (Wildman–Crippen MR) is 137 cm³/mol. The second-order valence-corrected chi connectivity index (χ2v) is 9.83. The zero-order valence-electron chi connectivity index (χ0n) is 19.4. The van der Waals surface area contributed by atoms with Gasteiger partial charge in [0.1, 0.15) is 16.4 Å². The number of aromatic nitrogens is 2. The van der Waals surface area contributed by atoms with Crippen LogP contribution in [-0.2, 0) is 19.4 Å². The van der Waals surface area contributed by atoms with Crippen LogP contribution in [-0.4, -0.2) is 27.1 Å². The number of thiophene rings is 1. The number of amides is 2. The van der Waals surface area contributed by atoms with Crippen LogP contribution in [0.2, 0.25) is 0 Å². The Labute approximate surface area is 207 Å². The van der Waals surface area contributed by atoms with Gasteiger partial charge < -0.3 is 15.7 Å². The van der Waals surface area contributed by atoms with E-state index in [4.69, 9.17) is 0 Å².